The zero-order chi connectivity index (χ0) is 21.5. The number of carbonyl (C=O) groups excluding carboxylic acids is 1. The van der Waals surface area contributed by atoms with Crippen LogP contribution in [0.1, 0.15) is 55.9 Å². The molecule has 0 saturated heterocycles. The van der Waals surface area contributed by atoms with Gasteiger partial charge in [0.15, 0.2) is 0 Å². The van der Waals surface area contributed by atoms with E-state index >= 15 is 0 Å². The first-order valence-corrected chi connectivity index (χ1v) is 11.1. The largest absolute Gasteiger partial charge is 0.508 e. The van der Waals surface area contributed by atoms with E-state index in [0.29, 0.717) is 18.8 Å². The average molecular weight is 407 g/mol. The summed E-state index contributed by atoms with van der Waals surface area (Å²) in [5.74, 6) is 0.408. The summed E-state index contributed by atoms with van der Waals surface area (Å²) in [5.41, 5.74) is 4.95. The van der Waals surface area contributed by atoms with E-state index in [-0.39, 0.29) is 16.9 Å². The number of carbonyl (C=O) groups is 1. The van der Waals surface area contributed by atoms with Gasteiger partial charge >= 0.3 is 6.03 Å². The van der Waals surface area contributed by atoms with Gasteiger partial charge in [-0.15, -0.1) is 0 Å². The highest BCUT2D eigenvalue weighted by molar-refractivity contribution is 5.74. The van der Waals surface area contributed by atoms with Gasteiger partial charge in [0.1, 0.15) is 5.75 Å². The monoisotopic (exact) mass is 406 g/mol. The minimum absolute atomic E-state index is 0.0949. The second-order valence-corrected chi connectivity index (χ2v) is 9.91. The molecule has 30 heavy (non-hydrogen) atoms. The fraction of sp³-hybridized carbons (Fsp3) is 0.500. The minimum Gasteiger partial charge on any atom is -0.508 e. The lowest BCUT2D eigenvalue weighted by molar-refractivity contribution is 0.114. The second-order valence-electron chi connectivity index (χ2n) is 9.91. The first-order valence-electron chi connectivity index (χ1n) is 11.1. The molecule has 2 aromatic rings. The number of hydrogen-bond acceptors (Lipinski definition) is 2. The first kappa shape index (κ1) is 20.8. The molecule has 0 radical (unpaired) electrons. The number of fused-ring (bicyclic) bond motifs is 2. The Kier molecular flexibility index (Phi) is 5.29. The van der Waals surface area contributed by atoms with Crippen LogP contribution < -0.4 is 0 Å². The van der Waals surface area contributed by atoms with Crippen molar-refractivity contribution in [1.29, 1.82) is 0 Å². The SMILES string of the molecule is CN(CC[C@@]1(C)c2cccc(O)c2CCC1(C)C)C(=O)N1CCc2ccccc2C1. The summed E-state index contributed by atoms with van der Waals surface area (Å²) >= 11 is 0. The number of benzene rings is 2. The maximum atomic E-state index is 13.2. The normalized spacial score (nSPS) is 22.2. The number of nitrogens with zero attached hydrogens (tertiary/aromatic N) is 2. The van der Waals surface area contributed by atoms with Crippen LogP contribution in [0.3, 0.4) is 0 Å². The molecule has 0 saturated carbocycles. The highest BCUT2D eigenvalue weighted by Gasteiger charge is 2.46. The molecule has 1 atom stereocenters. The van der Waals surface area contributed by atoms with Crippen LogP contribution >= 0.6 is 0 Å². The lowest BCUT2D eigenvalue weighted by atomic mass is 9.55. The van der Waals surface area contributed by atoms with E-state index in [1.807, 2.05) is 22.9 Å². The molecule has 4 heteroatoms. The van der Waals surface area contributed by atoms with Gasteiger partial charge < -0.3 is 14.9 Å². The van der Waals surface area contributed by atoms with E-state index in [4.69, 9.17) is 0 Å². The van der Waals surface area contributed by atoms with Crippen molar-refractivity contribution in [2.45, 2.75) is 58.4 Å². The Morgan fingerprint density at radius 2 is 1.80 bits per heavy atom. The van der Waals surface area contributed by atoms with E-state index < -0.39 is 0 Å². The highest BCUT2D eigenvalue weighted by Crippen LogP contribution is 2.53. The number of phenols is 1. The number of hydrogen-bond donors (Lipinski definition) is 1. The van der Waals surface area contributed by atoms with Crippen LogP contribution in [0.15, 0.2) is 42.5 Å². The van der Waals surface area contributed by atoms with Crippen LogP contribution in [-0.2, 0) is 24.8 Å². The molecule has 4 nitrogen and oxygen atoms in total. The Balaban J connectivity index is 1.49. The maximum Gasteiger partial charge on any atom is 0.320 e. The standard InChI is InChI=1S/C26H34N2O2/c1-25(2)14-12-21-22(10-7-11-23(21)29)26(25,3)15-17-27(4)24(30)28-16-13-19-8-5-6-9-20(19)18-28/h5-11,29H,12-18H2,1-4H3/t26-/m0/s1. The Morgan fingerprint density at radius 1 is 1.07 bits per heavy atom. The highest BCUT2D eigenvalue weighted by atomic mass is 16.3. The van der Waals surface area contributed by atoms with Gasteiger partial charge in [-0.3, -0.25) is 0 Å². The van der Waals surface area contributed by atoms with E-state index in [1.165, 1.54) is 16.7 Å². The topological polar surface area (TPSA) is 43.8 Å². The fourth-order valence-electron chi connectivity index (χ4n) is 5.29. The van der Waals surface area contributed by atoms with Gasteiger partial charge in [-0.2, -0.15) is 0 Å². The summed E-state index contributed by atoms with van der Waals surface area (Å²) in [6, 6.07) is 14.4. The molecule has 1 aliphatic carbocycles. The van der Waals surface area contributed by atoms with Crippen molar-refractivity contribution >= 4 is 6.03 Å². The first-order chi connectivity index (χ1) is 14.2. The van der Waals surface area contributed by atoms with E-state index in [0.717, 1.165) is 37.8 Å². The van der Waals surface area contributed by atoms with Gasteiger partial charge in [0, 0.05) is 26.7 Å². The summed E-state index contributed by atoms with van der Waals surface area (Å²) in [4.78, 5) is 17.0. The molecular weight excluding hydrogens is 372 g/mol. The number of amides is 2. The van der Waals surface area contributed by atoms with Crippen LogP contribution in [-0.4, -0.2) is 41.1 Å². The molecule has 0 unspecified atom stereocenters. The molecule has 1 N–H and O–H groups in total. The summed E-state index contributed by atoms with van der Waals surface area (Å²) in [6.07, 6.45) is 3.75. The quantitative estimate of drug-likeness (QED) is 0.769. The van der Waals surface area contributed by atoms with Crippen molar-refractivity contribution in [1.82, 2.24) is 9.80 Å². The molecule has 0 spiro atoms. The molecule has 0 aromatic heterocycles. The Labute approximate surface area is 180 Å². The molecule has 4 rings (SSSR count). The molecule has 160 valence electrons. The lowest BCUT2D eigenvalue weighted by Gasteiger charge is -2.50. The zero-order valence-corrected chi connectivity index (χ0v) is 18.7. The number of phenolic OH excluding ortho intramolecular Hbond substituents is 1. The third kappa shape index (κ3) is 3.46. The van der Waals surface area contributed by atoms with Gasteiger partial charge in [-0.25, -0.2) is 4.79 Å². The van der Waals surface area contributed by atoms with Gasteiger partial charge in [0.05, 0.1) is 0 Å². The molecular formula is C26H34N2O2. The molecule has 2 amide bonds. The second kappa shape index (κ2) is 7.64. The van der Waals surface area contributed by atoms with Crippen molar-refractivity contribution < 1.29 is 9.90 Å². The summed E-state index contributed by atoms with van der Waals surface area (Å²) in [5, 5.41) is 10.4. The Morgan fingerprint density at radius 3 is 2.57 bits per heavy atom. The average Bonchev–Trinajstić information content (AvgIpc) is 2.74. The molecule has 0 fully saturated rings. The van der Waals surface area contributed by atoms with E-state index in [9.17, 15) is 9.90 Å². The number of urea groups is 1. The fourth-order valence-corrected chi connectivity index (χ4v) is 5.29. The Bertz CT molecular complexity index is 952. The van der Waals surface area contributed by atoms with Crippen LogP contribution in [0.4, 0.5) is 4.79 Å². The summed E-state index contributed by atoms with van der Waals surface area (Å²) < 4.78 is 0. The number of aromatic hydroxyl groups is 1. The van der Waals surface area contributed by atoms with Crippen LogP contribution in [0.25, 0.3) is 0 Å². The maximum absolute atomic E-state index is 13.2. The summed E-state index contributed by atoms with van der Waals surface area (Å²) in [6.45, 7) is 9.12. The lowest BCUT2D eigenvalue weighted by Crippen LogP contribution is -2.48. The smallest absolute Gasteiger partial charge is 0.320 e. The van der Waals surface area contributed by atoms with Crippen molar-refractivity contribution in [3.63, 3.8) is 0 Å². The van der Waals surface area contributed by atoms with E-state index in [2.05, 4.69) is 51.1 Å². The van der Waals surface area contributed by atoms with Crippen molar-refractivity contribution in [2.24, 2.45) is 5.41 Å². The minimum atomic E-state index is -0.0949. The predicted molar refractivity (Wildman–Crippen MR) is 121 cm³/mol. The van der Waals surface area contributed by atoms with Gasteiger partial charge in [0.25, 0.3) is 0 Å². The molecule has 1 heterocycles. The van der Waals surface area contributed by atoms with Crippen molar-refractivity contribution in [2.75, 3.05) is 20.1 Å². The summed E-state index contributed by atoms with van der Waals surface area (Å²) in [7, 11) is 1.92. The van der Waals surface area contributed by atoms with Crippen molar-refractivity contribution in [3.05, 3.63) is 64.7 Å². The molecule has 2 aromatic carbocycles. The van der Waals surface area contributed by atoms with E-state index in [1.54, 1.807) is 6.07 Å². The third-order valence-electron chi connectivity index (χ3n) is 7.91. The predicted octanol–water partition coefficient (Wildman–Crippen LogP) is 5.12. The number of rotatable bonds is 3. The molecule has 2 aliphatic rings. The van der Waals surface area contributed by atoms with Crippen LogP contribution in [0, 0.1) is 5.41 Å². The van der Waals surface area contributed by atoms with Crippen LogP contribution in [0.2, 0.25) is 0 Å². The van der Waals surface area contributed by atoms with Crippen molar-refractivity contribution in [3.8, 4) is 5.75 Å². The van der Waals surface area contributed by atoms with Crippen LogP contribution in [0.5, 0.6) is 5.75 Å². The zero-order valence-electron chi connectivity index (χ0n) is 18.7. The third-order valence-corrected chi connectivity index (χ3v) is 7.91. The van der Waals surface area contributed by atoms with Gasteiger partial charge in [0.2, 0.25) is 0 Å². The molecule has 1 aliphatic heterocycles. The van der Waals surface area contributed by atoms with Gasteiger partial charge in [-0.05, 0) is 64.8 Å². The Hall–Kier alpha value is -2.49. The molecule has 0 bridgehead atoms. The van der Waals surface area contributed by atoms with Gasteiger partial charge in [-0.1, -0.05) is 57.2 Å².